The molecule has 0 radical (unpaired) electrons. The Morgan fingerprint density at radius 2 is 2.19 bits per heavy atom. The number of nitrogens with zero attached hydrogens (tertiary/aromatic N) is 7. The van der Waals surface area contributed by atoms with Crippen LogP contribution in [0.25, 0.3) is 16.0 Å². The maximum absolute atomic E-state index is 4.71. The highest BCUT2D eigenvalue weighted by Crippen LogP contribution is 2.38. The molecule has 0 saturated heterocycles. The zero-order chi connectivity index (χ0) is 18.1. The largest absolute Gasteiger partial charge is 0.369 e. The van der Waals surface area contributed by atoms with Gasteiger partial charge in [-0.25, -0.2) is 0 Å². The zero-order valence-electron chi connectivity index (χ0n) is 15.7. The number of hydrogen-bond donors (Lipinski definition) is 1. The highest BCUT2D eigenvalue weighted by molar-refractivity contribution is 7.19. The van der Waals surface area contributed by atoms with Crippen molar-refractivity contribution in [2.45, 2.75) is 32.7 Å². The van der Waals surface area contributed by atoms with Crippen molar-refractivity contribution in [1.82, 2.24) is 34.8 Å². The lowest BCUT2D eigenvalue weighted by Gasteiger charge is -2.26. The second-order valence-corrected chi connectivity index (χ2v) is 8.23. The third kappa shape index (κ3) is 3.26. The minimum atomic E-state index is 0.566. The minimum Gasteiger partial charge on any atom is -0.369 e. The first-order chi connectivity index (χ1) is 12.7. The first kappa shape index (κ1) is 17.6. The van der Waals surface area contributed by atoms with Gasteiger partial charge in [0.2, 0.25) is 0 Å². The summed E-state index contributed by atoms with van der Waals surface area (Å²) in [6.45, 7) is 7.47. The van der Waals surface area contributed by atoms with Crippen LogP contribution < -0.4 is 5.32 Å². The van der Waals surface area contributed by atoms with Gasteiger partial charge in [-0.2, -0.15) is 9.50 Å². The van der Waals surface area contributed by atoms with Gasteiger partial charge in [-0.1, -0.05) is 12.0 Å². The van der Waals surface area contributed by atoms with Crippen LogP contribution in [0.1, 0.15) is 30.2 Å². The molecule has 0 saturated carbocycles. The Kier molecular flexibility index (Phi) is 5.01. The summed E-state index contributed by atoms with van der Waals surface area (Å²) in [5.74, 6) is 1.50. The molecule has 1 aliphatic heterocycles. The smallest absolute Gasteiger partial charge is 0.276 e. The second-order valence-electron chi connectivity index (χ2n) is 7.14. The Labute approximate surface area is 157 Å². The Balaban J connectivity index is 1.71. The number of rotatable bonds is 7. The fourth-order valence-corrected chi connectivity index (χ4v) is 4.95. The molecule has 0 unspecified atom stereocenters. The summed E-state index contributed by atoms with van der Waals surface area (Å²) >= 11 is 1.81. The van der Waals surface area contributed by atoms with Gasteiger partial charge in [-0.3, -0.25) is 4.90 Å². The molecule has 0 spiro atoms. The first-order valence-corrected chi connectivity index (χ1v) is 10.1. The van der Waals surface area contributed by atoms with Crippen LogP contribution in [0.5, 0.6) is 0 Å². The van der Waals surface area contributed by atoms with Crippen molar-refractivity contribution in [3.63, 3.8) is 0 Å². The van der Waals surface area contributed by atoms with Crippen molar-refractivity contribution in [2.24, 2.45) is 0 Å². The van der Waals surface area contributed by atoms with Gasteiger partial charge < -0.3 is 10.2 Å². The summed E-state index contributed by atoms with van der Waals surface area (Å²) in [6.07, 6.45) is 3.33. The summed E-state index contributed by atoms with van der Waals surface area (Å²) < 4.78 is 1.79. The Bertz CT molecular complexity index is 899. The van der Waals surface area contributed by atoms with Crippen molar-refractivity contribution in [3.8, 4) is 0 Å². The van der Waals surface area contributed by atoms with Crippen LogP contribution in [0, 0.1) is 0 Å². The summed E-state index contributed by atoms with van der Waals surface area (Å²) in [5, 5.41) is 16.8. The van der Waals surface area contributed by atoms with E-state index in [1.165, 1.54) is 22.2 Å². The van der Waals surface area contributed by atoms with E-state index in [9.17, 15) is 0 Å². The van der Waals surface area contributed by atoms with Gasteiger partial charge in [-0.15, -0.1) is 11.3 Å². The van der Waals surface area contributed by atoms with E-state index in [4.69, 9.17) is 4.98 Å². The maximum Gasteiger partial charge on any atom is 0.276 e. The summed E-state index contributed by atoms with van der Waals surface area (Å²) in [5.41, 5.74) is 1.43. The quantitative estimate of drug-likeness (QED) is 0.633. The number of thiophene rings is 1. The minimum absolute atomic E-state index is 0.566. The van der Waals surface area contributed by atoms with Crippen LogP contribution in [0.15, 0.2) is 0 Å². The lowest BCUT2D eigenvalue weighted by Crippen LogP contribution is -2.30. The average Bonchev–Trinajstić information content (AvgIpc) is 3.22. The maximum atomic E-state index is 4.71. The third-order valence-corrected chi connectivity index (χ3v) is 6.02. The highest BCUT2D eigenvalue weighted by Gasteiger charge is 2.25. The highest BCUT2D eigenvalue weighted by atomic mass is 32.1. The van der Waals surface area contributed by atoms with Gasteiger partial charge in [0.25, 0.3) is 5.78 Å². The van der Waals surface area contributed by atoms with Crippen molar-refractivity contribution in [3.05, 3.63) is 10.4 Å². The van der Waals surface area contributed by atoms with E-state index in [2.05, 4.69) is 51.7 Å². The molecule has 0 atom stereocenters. The third-order valence-electron chi connectivity index (χ3n) is 4.83. The van der Waals surface area contributed by atoms with Crippen LogP contribution in [0.3, 0.4) is 0 Å². The molecule has 8 nitrogen and oxygen atoms in total. The van der Waals surface area contributed by atoms with Gasteiger partial charge in [0.15, 0.2) is 0 Å². The van der Waals surface area contributed by atoms with Crippen LogP contribution >= 0.6 is 11.3 Å². The van der Waals surface area contributed by atoms with E-state index in [0.29, 0.717) is 5.78 Å². The average molecular weight is 375 g/mol. The molecule has 1 N–H and O–H groups in total. The van der Waals surface area contributed by atoms with Gasteiger partial charge in [0, 0.05) is 24.5 Å². The second kappa shape index (κ2) is 7.42. The molecule has 3 aromatic rings. The summed E-state index contributed by atoms with van der Waals surface area (Å²) in [7, 11) is 4.20. The molecule has 9 heteroatoms. The number of aromatic nitrogens is 5. The van der Waals surface area contributed by atoms with Gasteiger partial charge in [0.1, 0.15) is 10.6 Å². The lowest BCUT2D eigenvalue weighted by atomic mass is 10.0. The van der Waals surface area contributed by atoms with E-state index in [0.717, 1.165) is 56.2 Å². The lowest BCUT2D eigenvalue weighted by molar-refractivity contribution is 0.258. The molecule has 1 aliphatic rings. The molecular weight excluding hydrogens is 348 g/mol. The fraction of sp³-hybridized carbons (Fsp3) is 0.647. The van der Waals surface area contributed by atoms with Crippen molar-refractivity contribution in [2.75, 3.05) is 45.6 Å². The Morgan fingerprint density at radius 1 is 1.31 bits per heavy atom. The van der Waals surface area contributed by atoms with Crippen LogP contribution in [-0.2, 0) is 13.0 Å². The summed E-state index contributed by atoms with van der Waals surface area (Å²) in [6, 6.07) is 0. The van der Waals surface area contributed by atoms with Crippen molar-refractivity contribution >= 4 is 33.1 Å². The number of anilines is 1. The molecule has 0 bridgehead atoms. The Hall–Kier alpha value is -1.84. The van der Waals surface area contributed by atoms with E-state index in [1.54, 1.807) is 4.52 Å². The number of nitrogens with one attached hydrogen (secondary N) is 1. The molecule has 3 aromatic heterocycles. The topological polar surface area (TPSA) is 74.5 Å². The van der Waals surface area contributed by atoms with E-state index >= 15 is 0 Å². The van der Waals surface area contributed by atoms with E-state index in [1.807, 2.05) is 11.3 Å². The molecule has 0 aliphatic carbocycles. The molecule has 0 amide bonds. The van der Waals surface area contributed by atoms with Crippen LogP contribution in [0.2, 0.25) is 0 Å². The van der Waals surface area contributed by atoms with Crippen LogP contribution in [0.4, 0.5) is 5.82 Å². The van der Waals surface area contributed by atoms with Gasteiger partial charge in [0.05, 0.1) is 5.39 Å². The number of tetrazole rings is 1. The Morgan fingerprint density at radius 3 is 3.00 bits per heavy atom. The number of fused-ring (bicyclic) bond motifs is 5. The van der Waals surface area contributed by atoms with Crippen molar-refractivity contribution < 1.29 is 0 Å². The van der Waals surface area contributed by atoms with Gasteiger partial charge in [-0.05, 0) is 62.4 Å². The normalized spacial score (nSPS) is 15.2. The predicted octanol–water partition coefficient (Wildman–Crippen LogP) is 1.87. The summed E-state index contributed by atoms with van der Waals surface area (Å²) in [4.78, 5) is 12.0. The molecule has 0 fully saturated rings. The molecule has 26 heavy (non-hydrogen) atoms. The molecular formula is C17H26N8S. The van der Waals surface area contributed by atoms with Crippen LogP contribution in [-0.4, -0.2) is 75.1 Å². The number of hydrogen-bond acceptors (Lipinski definition) is 8. The molecule has 0 aromatic carbocycles. The molecule has 140 valence electrons. The monoisotopic (exact) mass is 374 g/mol. The molecule has 4 heterocycles. The van der Waals surface area contributed by atoms with E-state index in [-0.39, 0.29) is 0 Å². The van der Waals surface area contributed by atoms with Crippen molar-refractivity contribution in [1.29, 1.82) is 0 Å². The fourth-order valence-electron chi connectivity index (χ4n) is 3.61. The first-order valence-electron chi connectivity index (χ1n) is 9.30. The zero-order valence-corrected chi connectivity index (χ0v) is 16.5. The predicted molar refractivity (Wildman–Crippen MR) is 105 cm³/mol. The standard InChI is InChI=1S/C17H26N8S/c1-4-8-24-10-6-12-13(11-24)26-16-14(12)15(18-7-5-9-23(2)3)19-17-20-21-22-25(16)17/h4-11H2,1-3H3,(H,18,19,20,22). The SMILES string of the molecule is CCCN1CCc2c(sc3c2c(NCCCN(C)C)nc2nnnn23)C1. The molecule has 4 rings (SSSR count). The van der Waals surface area contributed by atoms with E-state index < -0.39 is 0 Å². The van der Waals surface area contributed by atoms with Gasteiger partial charge >= 0.3 is 0 Å².